The van der Waals surface area contributed by atoms with Crippen molar-refractivity contribution in [3.8, 4) is 0 Å². The lowest BCUT2D eigenvalue weighted by molar-refractivity contribution is 0.296. The van der Waals surface area contributed by atoms with Crippen molar-refractivity contribution in [2.24, 2.45) is 0 Å². The van der Waals surface area contributed by atoms with Gasteiger partial charge in [-0.1, -0.05) is 57.5 Å². The molecule has 0 aliphatic carbocycles. The van der Waals surface area contributed by atoms with E-state index in [0.717, 1.165) is 26.1 Å². The first-order valence-electron chi connectivity index (χ1n) is 9.61. The molecule has 0 aromatic heterocycles. The van der Waals surface area contributed by atoms with Gasteiger partial charge in [-0.15, -0.1) is 0 Å². The van der Waals surface area contributed by atoms with E-state index in [4.69, 9.17) is 0 Å². The highest BCUT2D eigenvalue weighted by atomic mass is 15.1. The Kier molecular flexibility index (Phi) is 11.0. The van der Waals surface area contributed by atoms with Crippen molar-refractivity contribution in [2.45, 2.75) is 53.4 Å². The van der Waals surface area contributed by atoms with E-state index in [1.54, 1.807) is 0 Å². The van der Waals surface area contributed by atoms with Gasteiger partial charge in [-0.25, -0.2) is 0 Å². The number of para-hydroxylation sites is 1. The van der Waals surface area contributed by atoms with Crippen molar-refractivity contribution >= 4 is 5.69 Å². The second-order valence-electron chi connectivity index (χ2n) is 6.22. The zero-order valence-corrected chi connectivity index (χ0v) is 16.2. The van der Waals surface area contributed by atoms with E-state index in [1.165, 1.54) is 37.2 Å². The summed E-state index contributed by atoms with van der Waals surface area (Å²) in [6.07, 6.45) is 11.5. The van der Waals surface area contributed by atoms with Gasteiger partial charge in [0.05, 0.1) is 0 Å². The van der Waals surface area contributed by atoms with Gasteiger partial charge in [-0.3, -0.25) is 0 Å². The van der Waals surface area contributed by atoms with Crippen LogP contribution in [-0.2, 0) is 0 Å². The zero-order valence-electron chi connectivity index (χ0n) is 16.2. The summed E-state index contributed by atoms with van der Waals surface area (Å²) in [5.74, 6) is 0. The number of rotatable bonds is 12. The molecular formula is C22H36N2. The summed E-state index contributed by atoms with van der Waals surface area (Å²) in [5, 5.41) is 0. The first-order valence-corrected chi connectivity index (χ1v) is 9.61. The summed E-state index contributed by atoms with van der Waals surface area (Å²) < 4.78 is 0. The molecule has 0 N–H and O–H groups in total. The number of hydrogen-bond acceptors (Lipinski definition) is 2. The minimum atomic E-state index is 1.08. The van der Waals surface area contributed by atoms with Crippen LogP contribution in [0.5, 0.6) is 0 Å². The molecule has 0 radical (unpaired) electrons. The molecule has 134 valence electrons. The molecule has 0 aliphatic heterocycles. The molecular weight excluding hydrogens is 292 g/mol. The van der Waals surface area contributed by atoms with Gasteiger partial charge < -0.3 is 9.80 Å². The fourth-order valence-corrected chi connectivity index (χ4v) is 2.87. The Morgan fingerprint density at radius 2 is 1.58 bits per heavy atom. The number of hydrogen-bond donors (Lipinski definition) is 0. The third-order valence-electron chi connectivity index (χ3n) is 4.45. The standard InChI is InChI=1S/C22H36N2/c1-5-8-11-16-21(4)24(22-17-12-9-13-18-22)20-15-10-14-19-23(6-2)7-3/h8-9,11-13,16-18H,5-7,10,14-15,19-20H2,1-4H3. The summed E-state index contributed by atoms with van der Waals surface area (Å²) in [4.78, 5) is 4.95. The summed E-state index contributed by atoms with van der Waals surface area (Å²) >= 11 is 0. The van der Waals surface area contributed by atoms with Crippen LogP contribution in [-0.4, -0.2) is 31.1 Å². The van der Waals surface area contributed by atoms with E-state index in [0.29, 0.717) is 0 Å². The van der Waals surface area contributed by atoms with Gasteiger partial charge in [0.1, 0.15) is 0 Å². The van der Waals surface area contributed by atoms with E-state index < -0.39 is 0 Å². The highest BCUT2D eigenvalue weighted by Crippen LogP contribution is 2.19. The third kappa shape index (κ3) is 7.83. The fourth-order valence-electron chi connectivity index (χ4n) is 2.87. The van der Waals surface area contributed by atoms with Gasteiger partial charge in [-0.2, -0.15) is 0 Å². The number of nitrogens with zero attached hydrogens (tertiary/aromatic N) is 2. The van der Waals surface area contributed by atoms with Gasteiger partial charge in [0.2, 0.25) is 0 Å². The lowest BCUT2D eigenvalue weighted by atomic mass is 10.2. The monoisotopic (exact) mass is 328 g/mol. The molecule has 0 unspecified atom stereocenters. The maximum Gasteiger partial charge on any atom is 0.0408 e. The molecule has 0 saturated heterocycles. The Morgan fingerprint density at radius 1 is 0.917 bits per heavy atom. The minimum Gasteiger partial charge on any atom is -0.345 e. The molecule has 0 saturated carbocycles. The van der Waals surface area contributed by atoms with Gasteiger partial charge in [0.15, 0.2) is 0 Å². The fraction of sp³-hybridized carbons (Fsp3) is 0.545. The summed E-state index contributed by atoms with van der Waals surface area (Å²) in [6.45, 7) is 13.5. The number of unbranched alkanes of at least 4 members (excludes halogenated alkanes) is 2. The largest absolute Gasteiger partial charge is 0.345 e. The second kappa shape index (κ2) is 12.8. The predicted octanol–water partition coefficient (Wildman–Crippen LogP) is 5.88. The molecule has 0 fully saturated rings. The highest BCUT2D eigenvalue weighted by Gasteiger charge is 2.07. The summed E-state index contributed by atoms with van der Waals surface area (Å²) in [5.41, 5.74) is 2.61. The molecule has 24 heavy (non-hydrogen) atoms. The maximum absolute atomic E-state index is 2.51. The first-order chi connectivity index (χ1) is 11.7. The molecule has 2 nitrogen and oxygen atoms in total. The highest BCUT2D eigenvalue weighted by molar-refractivity contribution is 5.51. The quantitative estimate of drug-likeness (QED) is 0.349. The van der Waals surface area contributed by atoms with Crippen molar-refractivity contribution in [1.82, 2.24) is 4.90 Å². The molecule has 1 aromatic rings. The molecule has 0 spiro atoms. The molecule has 0 aliphatic rings. The Hall–Kier alpha value is -1.54. The van der Waals surface area contributed by atoms with Crippen LogP contribution < -0.4 is 4.90 Å². The first kappa shape index (κ1) is 20.5. The molecule has 2 heteroatoms. The van der Waals surface area contributed by atoms with Gasteiger partial charge >= 0.3 is 0 Å². The molecule has 0 heterocycles. The van der Waals surface area contributed by atoms with Gasteiger partial charge in [-0.05, 0) is 64.0 Å². The maximum atomic E-state index is 2.51. The molecule has 1 aromatic carbocycles. The molecule has 1 rings (SSSR count). The second-order valence-corrected chi connectivity index (χ2v) is 6.22. The average molecular weight is 329 g/mol. The van der Waals surface area contributed by atoms with Crippen molar-refractivity contribution in [1.29, 1.82) is 0 Å². The lowest BCUT2D eigenvalue weighted by Gasteiger charge is -2.26. The zero-order chi connectivity index (χ0) is 17.6. The van der Waals surface area contributed by atoms with Crippen molar-refractivity contribution in [3.63, 3.8) is 0 Å². The summed E-state index contributed by atoms with van der Waals surface area (Å²) in [6, 6.07) is 10.7. The van der Waals surface area contributed by atoms with E-state index in [1.807, 2.05) is 0 Å². The van der Waals surface area contributed by atoms with Crippen LogP contribution in [0.3, 0.4) is 0 Å². The van der Waals surface area contributed by atoms with Gasteiger partial charge in [0.25, 0.3) is 0 Å². The summed E-state index contributed by atoms with van der Waals surface area (Å²) in [7, 11) is 0. The van der Waals surface area contributed by atoms with Crippen LogP contribution in [0.15, 0.2) is 54.3 Å². The Bertz CT molecular complexity index is 472. The SMILES string of the molecule is CCC=CC=C(C)N(CCCCCN(CC)CC)c1ccccc1. The van der Waals surface area contributed by atoms with Crippen LogP contribution in [0, 0.1) is 0 Å². The average Bonchev–Trinajstić information content (AvgIpc) is 2.62. The van der Waals surface area contributed by atoms with Crippen LogP contribution in [0.1, 0.15) is 53.4 Å². The smallest absolute Gasteiger partial charge is 0.0408 e. The number of allylic oxidation sites excluding steroid dienone is 4. The number of benzene rings is 1. The van der Waals surface area contributed by atoms with Crippen LogP contribution in [0.4, 0.5) is 5.69 Å². The van der Waals surface area contributed by atoms with Crippen molar-refractivity contribution < 1.29 is 0 Å². The number of anilines is 1. The van der Waals surface area contributed by atoms with E-state index >= 15 is 0 Å². The Labute approximate surface area is 149 Å². The van der Waals surface area contributed by atoms with Crippen LogP contribution in [0.2, 0.25) is 0 Å². The molecule has 0 bridgehead atoms. The third-order valence-corrected chi connectivity index (χ3v) is 4.45. The van der Waals surface area contributed by atoms with Crippen molar-refractivity contribution in [3.05, 3.63) is 54.3 Å². The minimum absolute atomic E-state index is 1.08. The van der Waals surface area contributed by atoms with Crippen LogP contribution in [0.25, 0.3) is 0 Å². The topological polar surface area (TPSA) is 6.48 Å². The van der Waals surface area contributed by atoms with Crippen molar-refractivity contribution in [2.75, 3.05) is 31.1 Å². The predicted molar refractivity (Wildman–Crippen MR) is 109 cm³/mol. The lowest BCUT2D eigenvalue weighted by Crippen LogP contribution is -2.25. The normalized spacial score (nSPS) is 12.3. The Morgan fingerprint density at radius 3 is 2.21 bits per heavy atom. The van der Waals surface area contributed by atoms with E-state index in [9.17, 15) is 0 Å². The van der Waals surface area contributed by atoms with Gasteiger partial charge in [0, 0.05) is 17.9 Å². The van der Waals surface area contributed by atoms with E-state index in [2.05, 4.69) is 86.1 Å². The molecule has 0 amide bonds. The van der Waals surface area contributed by atoms with Crippen LogP contribution >= 0.6 is 0 Å². The Balaban J connectivity index is 2.57. The van der Waals surface area contributed by atoms with E-state index in [-0.39, 0.29) is 0 Å². The molecule has 0 atom stereocenters.